The van der Waals surface area contributed by atoms with Crippen molar-refractivity contribution in [1.82, 2.24) is 14.8 Å². The van der Waals surface area contributed by atoms with Crippen molar-refractivity contribution < 1.29 is 4.42 Å². The van der Waals surface area contributed by atoms with Gasteiger partial charge in [-0.15, -0.1) is 0 Å². The molecule has 18 heavy (non-hydrogen) atoms. The molecular formula is C12H19N5O. The van der Waals surface area contributed by atoms with E-state index < -0.39 is 0 Å². The molecule has 6 nitrogen and oxygen atoms in total. The van der Waals surface area contributed by atoms with E-state index in [1.54, 1.807) is 6.20 Å². The van der Waals surface area contributed by atoms with E-state index in [4.69, 9.17) is 10.2 Å². The number of aryl methyl sites for hydroxylation is 3. The lowest BCUT2D eigenvalue weighted by atomic mass is 10.4. The Bertz CT molecular complexity index is 529. The van der Waals surface area contributed by atoms with E-state index in [9.17, 15) is 0 Å². The van der Waals surface area contributed by atoms with Crippen LogP contribution in [-0.4, -0.2) is 14.8 Å². The number of aromatic nitrogens is 3. The van der Waals surface area contributed by atoms with Crippen molar-refractivity contribution in [3.05, 3.63) is 23.5 Å². The summed E-state index contributed by atoms with van der Waals surface area (Å²) in [4.78, 5) is 4.14. The second-order valence-corrected chi connectivity index (χ2v) is 4.29. The maximum atomic E-state index is 6.01. The molecule has 3 N–H and O–H groups in total. The van der Waals surface area contributed by atoms with Crippen LogP contribution in [0.3, 0.4) is 0 Å². The van der Waals surface area contributed by atoms with Gasteiger partial charge < -0.3 is 15.5 Å². The van der Waals surface area contributed by atoms with Crippen molar-refractivity contribution in [3.8, 4) is 0 Å². The quantitative estimate of drug-likeness (QED) is 0.848. The molecule has 0 saturated carbocycles. The van der Waals surface area contributed by atoms with Crippen molar-refractivity contribution in [1.29, 1.82) is 0 Å². The van der Waals surface area contributed by atoms with Crippen molar-refractivity contribution in [2.24, 2.45) is 0 Å². The summed E-state index contributed by atoms with van der Waals surface area (Å²) in [5.74, 6) is 2.29. The summed E-state index contributed by atoms with van der Waals surface area (Å²) < 4.78 is 7.30. The SMILES string of the molecule is CCCn1nc(C)c(N)c1NCc1ncc(C)o1. The Morgan fingerprint density at radius 3 is 2.83 bits per heavy atom. The van der Waals surface area contributed by atoms with Gasteiger partial charge in [0.15, 0.2) is 0 Å². The number of anilines is 2. The van der Waals surface area contributed by atoms with Crippen LogP contribution in [0.25, 0.3) is 0 Å². The Balaban J connectivity index is 2.12. The van der Waals surface area contributed by atoms with Gasteiger partial charge in [0, 0.05) is 6.54 Å². The lowest BCUT2D eigenvalue weighted by Crippen LogP contribution is -2.09. The molecule has 0 aliphatic rings. The largest absolute Gasteiger partial charge is 0.444 e. The van der Waals surface area contributed by atoms with E-state index >= 15 is 0 Å². The molecule has 0 saturated heterocycles. The Morgan fingerprint density at radius 1 is 1.44 bits per heavy atom. The van der Waals surface area contributed by atoms with Crippen LogP contribution in [0, 0.1) is 13.8 Å². The van der Waals surface area contributed by atoms with Gasteiger partial charge in [0.05, 0.1) is 24.1 Å². The van der Waals surface area contributed by atoms with E-state index in [0.717, 1.165) is 30.2 Å². The van der Waals surface area contributed by atoms with Crippen LogP contribution in [0.2, 0.25) is 0 Å². The number of oxazole rings is 1. The summed E-state index contributed by atoms with van der Waals surface area (Å²) in [6.07, 6.45) is 2.71. The molecule has 0 radical (unpaired) electrons. The van der Waals surface area contributed by atoms with Crippen molar-refractivity contribution in [2.45, 2.75) is 40.3 Å². The number of rotatable bonds is 5. The third-order valence-corrected chi connectivity index (χ3v) is 2.69. The highest BCUT2D eigenvalue weighted by atomic mass is 16.4. The standard InChI is InChI=1S/C12H19N5O/c1-4-5-17-12(11(13)9(3)16-17)15-7-10-14-6-8(2)18-10/h6,15H,4-5,7,13H2,1-3H3. The zero-order valence-corrected chi connectivity index (χ0v) is 11.0. The fraction of sp³-hybridized carbons (Fsp3) is 0.500. The molecule has 6 heteroatoms. The predicted octanol–water partition coefficient (Wildman–Crippen LogP) is 2.09. The second kappa shape index (κ2) is 5.12. The summed E-state index contributed by atoms with van der Waals surface area (Å²) in [6.45, 7) is 7.23. The van der Waals surface area contributed by atoms with E-state index in [-0.39, 0.29) is 0 Å². The maximum Gasteiger partial charge on any atom is 0.213 e. The molecular weight excluding hydrogens is 230 g/mol. The molecule has 98 valence electrons. The lowest BCUT2D eigenvalue weighted by molar-refractivity contribution is 0.478. The van der Waals surface area contributed by atoms with Gasteiger partial charge >= 0.3 is 0 Å². The van der Waals surface area contributed by atoms with Gasteiger partial charge in [0.2, 0.25) is 5.89 Å². The molecule has 0 fully saturated rings. The predicted molar refractivity (Wildman–Crippen MR) is 70.2 cm³/mol. The van der Waals surface area contributed by atoms with E-state index in [1.165, 1.54) is 0 Å². The minimum Gasteiger partial charge on any atom is -0.444 e. The van der Waals surface area contributed by atoms with Gasteiger partial charge in [-0.3, -0.25) is 0 Å². The fourth-order valence-electron chi connectivity index (χ4n) is 1.80. The average molecular weight is 249 g/mol. The molecule has 0 spiro atoms. The first kappa shape index (κ1) is 12.5. The van der Waals surface area contributed by atoms with Crippen molar-refractivity contribution in [3.63, 3.8) is 0 Å². The zero-order valence-electron chi connectivity index (χ0n) is 11.0. The Labute approximate surface area is 106 Å². The summed E-state index contributed by atoms with van der Waals surface area (Å²) in [5.41, 5.74) is 7.54. The highest BCUT2D eigenvalue weighted by Gasteiger charge is 2.12. The van der Waals surface area contributed by atoms with Crippen molar-refractivity contribution in [2.75, 3.05) is 11.1 Å². The number of hydrogen-bond acceptors (Lipinski definition) is 5. The summed E-state index contributed by atoms with van der Waals surface area (Å²) in [7, 11) is 0. The Kier molecular flexibility index (Phi) is 3.55. The summed E-state index contributed by atoms with van der Waals surface area (Å²) >= 11 is 0. The van der Waals surface area contributed by atoms with Crippen LogP contribution in [0.4, 0.5) is 11.5 Å². The van der Waals surface area contributed by atoms with Gasteiger partial charge in [-0.1, -0.05) is 6.92 Å². The first-order chi connectivity index (χ1) is 8.61. The molecule has 0 atom stereocenters. The van der Waals surface area contributed by atoms with Crippen LogP contribution < -0.4 is 11.1 Å². The molecule has 0 bridgehead atoms. The fourth-order valence-corrected chi connectivity index (χ4v) is 1.80. The Hall–Kier alpha value is -1.98. The van der Waals surface area contributed by atoms with Crippen LogP contribution in [0.5, 0.6) is 0 Å². The van der Waals surface area contributed by atoms with Gasteiger partial charge in [-0.25, -0.2) is 9.67 Å². The van der Waals surface area contributed by atoms with Crippen LogP contribution in [-0.2, 0) is 13.1 Å². The van der Waals surface area contributed by atoms with Crippen LogP contribution >= 0.6 is 0 Å². The first-order valence-corrected chi connectivity index (χ1v) is 6.10. The minimum atomic E-state index is 0.507. The minimum absolute atomic E-state index is 0.507. The smallest absolute Gasteiger partial charge is 0.213 e. The summed E-state index contributed by atoms with van der Waals surface area (Å²) in [6, 6.07) is 0. The molecule has 2 aromatic rings. The molecule has 2 heterocycles. The molecule has 0 aliphatic heterocycles. The number of nitrogens with zero attached hydrogens (tertiary/aromatic N) is 3. The van der Waals surface area contributed by atoms with E-state index in [2.05, 4.69) is 22.3 Å². The monoisotopic (exact) mass is 249 g/mol. The van der Waals surface area contributed by atoms with Crippen molar-refractivity contribution >= 4 is 11.5 Å². The molecule has 2 aromatic heterocycles. The van der Waals surface area contributed by atoms with Gasteiger partial charge in [-0.05, 0) is 20.3 Å². The van der Waals surface area contributed by atoms with E-state index in [1.807, 2.05) is 18.5 Å². The van der Waals surface area contributed by atoms with Gasteiger partial charge in [0.1, 0.15) is 11.6 Å². The highest BCUT2D eigenvalue weighted by Crippen LogP contribution is 2.23. The second-order valence-electron chi connectivity index (χ2n) is 4.29. The molecule has 0 aromatic carbocycles. The van der Waals surface area contributed by atoms with Crippen LogP contribution in [0.1, 0.15) is 30.7 Å². The molecule has 0 unspecified atom stereocenters. The third-order valence-electron chi connectivity index (χ3n) is 2.69. The first-order valence-electron chi connectivity index (χ1n) is 6.10. The zero-order chi connectivity index (χ0) is 13.1. The molecule has 0 amide bonds. The average Bonchev–Trinajstić information content (AvgIpc) is 2.84. The van der Waals surface area contributed by atoms with Gasteiger partial charge in [0.25, 0.3) is 0 Å². The van der Waals surface area contributed by atoms with Gasteiger partial charge in [-0.2, -0.15) is 5.10 Å². The summed E-state index contributed by atoms with van der Waals surface area (Å²) in [5, 5.41) is 7.63. The lowest BCUT2D eigenvalue weighted by Gasteiger charge is -2.08. The number of nitrogen functional groups attached to an aromatic ring is 1. The molecule has 2 rings (SSSR count). The number of nitrogens with two attached hydrogens (primary N) is 1. The van der Waals surface area contributed by atoms with Crippen LogP contribution in [0.15, 0.2) is 10.6 Å². The number of hydrogen-bond donors (Lipinski definition) is 2. The normalized spacial score (nSPS) is 10.8. The Morgan fingerprint density at radius 2 is 2.22 bits per heavy atom. The molecule has 0 aliphatic carbocycles. The third kappa shape index (κ3) is 2.47. The van der Waals surface area contributed by atoms with E-state index in [0.29, 0.717) is 18.1 Å². The number of nitrogens with one attached hydrogen (secondary N) is 1. The maximum absolute atomic E-state index is 6.01. The topological polar surface area (TPSA) is 81.9 Å². The highest BCUT2D eigenvalue weighted by molar-refractivity contribution is 5.64.